The zero-order valence-electron chi connectivity index (χ0n) is 17.7. The molecule has 0 N–H and O–H groups in total. The second-order valence-electron chi connectivity index (χ2n) is 9.18. The summed E-state index contributed by atoms with van der Waals surface area (Å²) in [6, 6.07) is 6.42. The van der Waals surface area contributed by atoms with Gasteiger partial charge < -0.3 is 4.90 Å². The number of benzene rings is 1. The minimum Gasteiger partial charge on any atom is -0.346 e. The third-order valence-corrected chi connectivity index (χ3v) is 8.38. The lowest BCUT2D eigenvalue weighted by Gasteiger charge is -2.35. The van der Waals surface area contributed by atoms with Gasteiger partial charge in [-0.2, -0.15) is 0 Å². The minimum absolute atomic E-state index is 0.0478. The number of imide groups is 1. The van der Waals surface area contributed by atoms with E-state index in [0.29, 0.717) is 6.54 Å². The molecule has 2 saturated heterocycles. The van der Waals surface area contributed by atoms with E-state index in [2.05, 4.69) is 22.0 Å². The molecule has 2 aliphatic heterocycles. The Morgan fingerprint density at radius 1 is 0.938 bits per heavy atom. The minimum atomic E-state index is -0.245. The summed E-state index contributed by atoms with van der Waals surface area (Å²) >= 11 is 1.61. The Morgan fingerprint density at radius 3 is 2.25 bits per heavy atom. The van der Waals surface area contributed by atoms with E-state index in [0.717, 1.165) is 55.5 Å². The molecule has 2 amide bonds. The van der Waals surface area contributed by atoms with Crippen LogP contribution in [0.25, 0.3) is 11.3 Å². The molecule has 32 heavy (non-hydrogen) atoms. The van der Waals surface area contributed by atoms with E-state index in [1.165, 1.54) is 17.0 Å². The third kappa shape index (κ3) is 3.28. The standard InChI is InChI=1S/C24H25FN4O2S/c25-18-5-3-15(4-6-18)19-14-32-24(26-19)28-10-7-27(8-11-28)9-12-29-22(30)20-16-1-2-17(13-16)21(20)23(29)31/h1-6,14,16-17,20-21H,7-13H2/t16-,17-,20-,21+/m0/s1. The molecule has 2 aliphatic carbocycles. The Labute approximate surface area is 190 Å². The average Bonchev–Trinajstić information content (AvgIpc) is 3.59. The molecule has 8 heteroatoms. The lowest BCUT2D eigenvalue weighted by atomic mass is 9.85. The van der Waals surface area contributed by atoms with Crippen LogP contribution in [0.5, 0.6) is 0 Å². The highest BCUT2D eigenvalue weighted by Gasteiger charge is 2.59. The molecule has 6 rings (SSSR count). The van der Waals surface area contributed by atoms with E-state index in [9.17, 15) is 14.0 Å². The number of aromatic nitrogens is 1. The number of fused-ring (bicyclic) bond motifs is 5. The van der Waals surface area contributed by atoms with E-state index in [-0.39, 0.29) is 41.3 Å². The van der Waals surface area contributed by atoms with Gasteiger partial charge >= 0.3 is 0 Å². The molecule has 3 fully saturated rings. The van der Waals surface area contributed by atoms with E-state index in [4.69, 9.17) is 4.98 Å². The highest BCUT2D eigenvalue weighted by molar-refractivity contribution is 7.14. The molecule has 4 aliphatic rings. The van der Waals surface area contributed by atoms with Gasteiger partial charge in [-0.3, -0.25) is 19.4 Å². The Kier molecular flexibility index (Phi) is 4.87. The van der Waals surface area contributed by atoms with Crippen LogP contribution in [0, 0.1) is 29.5 Å². The summed E-state index contributed by atoms with van der Waals surface area (Å²) in [6.07, 6.45) is 5.25. The monoisotopic (exact) mass is 452 g/mol. The number of anilines is 1. The van der Waals surface area contributed by atoms with Gasteiger partial charge in [-0.05, 0) is 42.5 Å². The molecule has 6 nitrogen and oxygen atoms in total. The second-order valence-corrected chi connectivity index (χ2v) is 10.0. The number of amides is 2. The van der Waals surface area contributed by atoms with Gasteiger partial charge in [0, 0.05) is 50.2 Å². The average molecular weight is 453 g/mol. The van der Waals surface area contributed by atoms with E-state index in [1.807, 2.05) is 5.38 Å². The number of halogens is 1. The molecule has 0 spiro atoms. The summed E-state index contributed by atoms with van der Waals surface area (Å²) in [6.45, 7) is 4.69. The molecule has 3 heterocycles. The highest BCUT2D eigenvalue weighted by atomic mass is 32.1. The number of hydrogen-bond acceptors (Lipinski definition) is 6. The quantitative estimate of drug-likeness (QED) is 0.516. The number of allylic oxidation sites excluding steroid dienone is 2. The molecule has 2 bridgehead atoms. The Bertz CT molecular complexity index is 1050. The molecule has 2 aromatic rings. The molecule has 0 radical (unpaired) electrons. The fraction of sp³-hybridized carbons (Fsp3) is 0.458. The van der Waals surface area contributed by atoms with Crippen molar-refractivity contribution in [2.45, 2.75) is 6.42 Å². The van der Waals surface area contributed by atoms with Crippen molar-refractivity contribution < 1.29 is 14.0 Å². The summed E-state index contributed by atoms with van der Waals surface area (Å²) in [7, 11) is 0. The number of carbonyl (C=O) groups excluding carboxylic acids is 2. The maximum atomic E-state index is 13.2. The predicted molar refractivity (Wildman–Crippen MR) is 121 cm³/mol. The van der Waals surface area contributed by atoms with Crippen LogP contribution in [-0.2, 0) is 9.59 Å². The maximum Gasteiger partial charge on any atom is 0.233 e. The van der Waals surface area contributed by atoms with Crippen LogP contribution in [0.4, 0.5) is 9.52 Å². The number of rotatable bonds is 5. The first-order valence-electron chi connectivity index (χ1n) is 11.3. The molecule has 1 saturated carbocycles. The van der Waals surface area contributed by atoms with Gasteiger partial charge in [0.1, 0.15) is 5.82 Å². The van der Waals surface area contributed by atoms with Crippen LogP contribution in [0.15, 0.2) is 41.8 Å². The smallest absolute Gasteiger partial charge is 0.233 e. The zero-order chi connectivity index (χ0) is 21.8. The maximum absolute atomic E-state index is 13.2. The van der Waals surface area contributed by atoms with Gasteiger partial charge in [-0.1, -0.05) is 12.2 Å². The van der Waals surface area contributed by atoms with Crippen LogP contribution >= 0.6 is 11.3 Å². The number of carbonyl (C=O) groups is 2. The summed E-state index contributed by atoms with van der Waals surface area (Å²) in [4.78, 5) is 36.6. The topological polar surface area (TPSA) is 56.8 Å². The normalized spacial score (nSPS) is 29.4. The number of hydrogen-bond donors (Lipinski definition) is 0. The van der Waals surface area contributed by atoms with Gasteiger partial charge in [0.2, 0.25) is 11.8 Å². The first-order chi connectivity index (χ1) is 15.6. The number of piperazine rings is 1. The third-order valence-electron chi connectivity index (χ3n) is 7.48. The van der Waals surface area contributed by atoms with Crippen molar-refractivity contribution >= 4 is 28.3 Å². The van der Waals surface area contributed by atoms with Crippen LogP contribution < -0.4 is 4.90 Å². The fourth-order valence-corrected chi connectivity index (χ4v) is 6.64. The Morgan fingerprint density at radius 2 is 1.59 bits per heavy atom. The van der Waals surface area contributed by atoms with Gasteiger partial charge in [-0.25, -0.2) is 9.37 Å². The van der Waals surface area contributed by atoms with Gasteiger partial charge in [0.05, 0.1) is 17.5 Å². The molecule has 166 valence electrons. The highest BCUT2D eigenvalue weighted by Crippen LogP contribution is 2.52. The lowest BCUT2D eigenvalue weighted by molar-refractivity contribution is -0.140. The fourth-order valence-electron chi connectivity index (χ4n) is 5.75. The van der Waals surface area contributed by atoms with Crippen molar-refractivity contribution in [3.63, 3.8) is 0 Å². The van der Waals surface area contributed by atoms with Crippen LogP contribution in [0.3, 0.4) is 0 Å². The van der Waals surface area contributed by atoms with E-state index in [1.54, 1.807) is 23.5 Å². The number of thiazole rings is 1. The van der Waals surface area contributed by atoms with Crippen molar-refractivity contribution in [2.24, 2.45) is 23.7 Å². The van der Waals surface area contributed by atoms with Crippen molar-refractivity contribution in [2.75, 3.05) is 44.2 Å². The molecule has 0 unspecified atom stereocenters. The molecule has 1 aromatic carbocycles. The SMILES string of the molecule is O=C1[C@@H]2[C@H](C(=O)N1CCN1CCN(c3nc(-c4ccc(F)cc4)cs3)CC1)[C@H]1C=C[C@H]2C1. The van der Waals surface area contributed by atoms with Crippen molar-refractivity contribution in [3.8, 4) is 11.3 Å². The Hall–Kier alpha value is -2.58. The summed E-state index contributed by atoms with van der Waals surface area (Å²) in [5, 5.41) is 2.99. The van der Waals surface area contributed by atoms with E-state index < -0.39 is 0 Å². The molecular formula is C24H25FN4O2S. The number of likely N-dealkylation sites (tertiary alicyclic amines) is 1. The first-order valence-corrected chi connectivity index (χ1v) is 12.2. The van der Waals surface area contributed by atoms with E-state index >= 15 is 0 Å². The van der Waals surface area contributed by atoms with Crippen LogP contribution in [-0.4, -0.2) is 65.9 Å². The summed E-state index contributed by atoms with van der Waals surface area (Å²) in [5.41, 5.74) is 1.79. The predicted octanol–water partition coefficient (Wildman–Crippen LogP) is 2.88. The van der Waals surface area contributed by atoms with Gasteiger partial charge in [-0.15, -0.1) is 11.3 Å². The lowest BCUT2D eigenvalue weighted by Crippen LogP contribution is -2.49. The Balaban J connectivity index is 1.03. The molecule has 4 atom stereocenters. The largest absolute Gasteiger partial charge is 0.346 e. The first kappa shape index (κ1) is 20.1. The van der Waals surface area contributed by atoms with Gasteiger partial charge in [0.25, 0.3) is 0 Å². The summed E-state index contributed by atoms with van der Waals surface area (Å²) in [5.74, 6) is 0.188. The number of nitrogens with zero attached hydrogens (tertiary/aromatic N) is 4. The van der Waals surface area contributed by atoms with Crippen molar-refractivity contribution in [1.82, 2.24) is 14.8 Å². The van der Waals surface area contributed by atoms with Crippen molar-refractivity contribution in [3.05, 3.63) is 47.6 Å². The van der Waals surface area contributed by atoms with Crippen molar-refractivity contribution in [1.29, 1.82) is 0 Å². The van der Waals surface area contributed by atoms with Crippen LogP contribution in [0.1, 0.15) is 6.42 Å². The zero-order valence-corrected chi connectivity index (χ0v) is 18.5. The second kappa shape index (κ2) is 7.78. The molecular weight excluding hydrogens is 427 g/mol. The van der Waals surface area contributed by atoms with Crippen LogP contribution in [0.2, 0.25) is 0 Å². The molecule has 1 aromatic heterocycles. The van der Waals surface area contributed by atoms with Gasteiger partial charge in [0.15, 0.2) is 5.13 Å². The summed E-state index contributed by atoms with van der Waals surface area (Å²) < 4.78 is 13.2.